The van der Waals surface area contributed by atoms with Gasteiger partial charge in [0, 0.05) is 41.5 Å². The van der Waals surface area contributed by atoms with Gasteiger partial charge in [0.25, 0.3) is 10.0 Å². The van der Waals surface area contributed by atoms with Crippen LogP contribution in [0, 0.1) is 3.57 Å². The second-order valence-corrected chi connectivity index (χ2v) is 11.2. The maximum Gasteiger partial charge on any atom is 0.302 e. The Hall–Kier alpha value is -3.12. The molecule has 1 amide bonds. The van der Waals surface area contributed by atoms with Crippen LogP contribution in [-0.2, 0) is 31.0 Å². The summed E-state index contributed by atoms with van der Waals surface area (Å²) in [6.45, 7) is 3.01. The first-order valence-corrected chi connectivity index (χ1v) is 13.7. The molecule has 10 heteroatoms. The quantitative estimate of drug-likeness (QED) is 0.290. The molecule has 0 fully saturated rings. The van der Waals surface area contributed by atoms with Crippen molar-refractivity contribution in [3.63, 3.8) is 0 Å². The highest BCUT2D eigenvalue weighted by molar-refractivity contribution is 14.1. The van der Waals surface area contributed by atoms with E-state index in [1.165, 1.54) is 30.3 Å². The average Bonchev–Trinajstić information content (AvgIpc) is 3.24. The van der Waals surface area contributed by atoms with Gasteiger partial charge in [0.15, 0.2) is 0 Å². The fourth-order valence-electron chi connectivity index (χ4n) is 4.06. The maximum atomic E-state index is 13.7. The van der Waals surface area contributed by atoms with Gasteiger partial charge in [0.05, 0.1) is 22.9 Å². The second kappa shape index (κ2) is 10.9. The lowest BCUT2D eigenvalue weighted by Gasteiger charge is -2.22. The molecule has 1 N–H and O–H groups in total. The van der Waals surface area contributed by atoms with Crippen LogP contribution in [0.3, 0.4) is 0 Å². The monoisotopic (exact) mass is 620 g/mol. The van der Waals surface area contributed by atoms with E-state index in [4.69, 9.17) is 9.47 Å². The van der Waals surface area contributed by atoms with Crippen molar-refractivity contribution < 1.29 is 27.5 Å². The van der Waals surface area contributed by atoms with Gasteiger partial charge >= 0.3 is 5.97 Å². The van der Waals surface area contributed by atoms with Crippen molar-refractivity contribution in [3.8, 4) is 5.75 Å². The lowest BCUT2D eigenvalue weighted by molar-refractivity contribution is -0.141. The molecule has 1 aliphatic rings. The zero-order valence-electron chi connectivity index (χ0n) is 19.7. The van der Waals surface area contributed by atoms with Crippen molar-refractivity contribution >= 4 is 55.9 Å². The predicted octanol–water partition coefficient (Wildman–Crippen LogP) is 4.68. The molecular formula is C26H25IN2O6S. The minimum absolute atomic E-state index is 0.00285. The average molecular weight is 620 g/mol. The summed E-state index contributed by atoms with van der Waals surface area (Å²) in [5, 5.41) is 2.83. The Morgan fingerprint density at radius 1 is 1.06 bits per heavy atom. The van der Waals surface area contributed by atoms with Crippen LogP contribution in [0.5, 0.6) is 5.75 Å². The first-order valence-electron chi connectivity index (χ1n) is 11.2. The number of ether oxygens (including phenoxy) is 2. The Morgan fingerprint density at radius 3 is 2.31 bits per heavy atom. The normalized spacial score (nSPS) is 14.8. The van der Waals surface area contributed by atoms with Crippen LogP contribution in [0.2, 0.25) is 0 Å². The van der Waals surface area contributed by atoms with Crippen LogP contribution in [0.4, 0.5) is 11.4 Å². The SMILES string of the molecule is CC(=O)Nc1c(OCc2ccccc2)cc2c(c1I)C(COC(C)=O)CN2S(=O)(=O)c1ccccc1. The van der Waals surface area contributed by atoms with E-state index < -0.39 is 21.9 Å². The van der Waals surface area contributed by atoms with Crippen LogP contribution >= 0.6 is 22.6 Å². The first-order chi connectivity index (χ1) is 17.2. The molecule has 3 aromatic carbocycles. The highest BCUT2D eigenvalue weighted by Gasteiger charge is 2.40. The number of amides is 1. The van der Waals surface area contributed by atoms with E-state index in [1.54, 1.807) is 24.3 Å². The Balaban J connectivity index is 1.83. The predicted molar refractivity (Wildman–Crippen MR) is 145 cm³/mol. The van der Waals surface area contributed by atoms with E-state index in [2.05, 4.69) is 27.9 Å². The lowest BCUT2D eigenvalue weighted by Crippen LogP contribution is -2.30. The number of hydrogen-bond acceptors (Lipinski definition) is 6. The number of fused-ring (bicyclic) bond motifs is 1. The van der Waals surface area contributed by atoms with Crippen molar-refractivity contribution in [2.75, 3.05) is 22.8 Å². The molecule has 8 nitrogen and oxygen atoms in total. The summed E-state index contributed by atoms with van der Waals surface area (Å²) >= 11 is 2.09. The molecule has 0 aromatic heterocycles. The van der Waals surface area contributed by atoms with Crippen LogP contribution in [0.1, 0.15) is 30.9 Å². The standard InChI is InChI=1S/C26H25IN2O6S/c1-17(30)28-26-23(35-15-19-9-5-3-6-10-19)13-22-24(25(26)27)20(16-34-18(2)31)14-29(22)36(32,33)21-11-7-4-8-12-21/h3-13,20H,14-16H2,1-2H3,(H,28,30). The number of nitrogens with zero attached hydrogens (tertiary/aromatic N) is 1. The van der Waals surface area contributed by atoms with E-state index in [9.17, 15) is 18.0 Å². The summed E-state index contributed by atoms with van der Waals surface area (Å²) in [6.07, 6.45) is 0. The molecule has 36 heavy (non-hydrogen) atoms. The molecule has 1 heterocycles. The number of rotatable bonds is 8. The fraction of sp³-hybridized carbons (Fsp3) is 0.231. The smallest absolute Gasteiger partial charge is 0.302 e. The van der Waals surface area contributed by atoms with Gasteiger partial charge in [-0.3, -0.25) is 13.9 Å². The summed E-state index contributed by atoms with van der Waals surface area (Å²) in [5.41, 5.74) is 2.47. The number of hydrogen-bond donors (Lipinski definition) is 1. The number of anilines is 2. The van der Waals surface area contributed by atoms with Crippen LogP contribution in [0.15, 0.2) is 71.6 Å². The number of halogens is 1. The van der Waals surface area contributed by atoms with Gasteiger partial charge in [-0.05, 0) is 40.3 Å². The van der Waals surface area contributed by atoms with Gasteiger partial charge in [0.2, 0.25) is 5.91 Å². The molecule has 1 unspecified atom stereocenters. The number of carbonyl (C=O) groups is 2. The Morgan fingerprint density at radius 2 is 1.69 bits per heavy atom. The summed E-state index contributed by atoms with van der Waals surface area (Å²) in [5.74, 6) is -0.829. The zero-order chi connectivity index (χ0) is 25.9. The van der Waals surface area contributed by atoms with E-state index in [1.807, 2.05) is 30.3 Å². The van der Waals surface area contributed by atoms with Crippen LogP contribution in [0.25, 0.3) is 0 Å². The van der Waals surface area contributed by atoms with Crippen LogP contribution < -0.4 is 14.4 Å². The van der Waals surface area contributed by atoms with E-state index in [-0.39, 0.29) is 30.6 Å². The van der Waals surface area contributed by atoms with Gasteiger partial charge in [-0.15, -0.1) is 0 Å². The number of esters is 1. The second-order valence-electron chi connectivity index (χ2n) is 8.30. The highest BCUT2D eigenvalue weighted by Crippen LogP contribution is 2.48. The lowest BCUT2D eigenvalue weighted by atomic mass is 10.0. The summed E-state index contributed by atoms with van der Waals surface area (Å²) in [4.78, 5) is 23.8. The van der Waals surface area contributed by atoms with Crippen molar-refractivity contribution in [1.29, 1.82) is 0 Å². The molecule has 1 aliphatic heterocycles. The van der Waals surface area contributed by atoms with Crippen LogP contribution in [-0.4, -0.2) is 33.4 Å². The molecular weight excluding hydrogens is 595 g/mol. The fourth-order valence-corrected chi connectivity index (χ4v) is 6.72. The van der Waals surface area contributed by atoms with E-state index >= 15 is 0 Å². The highest BCUT2D eigenvalue weighted by atomic mass is 127. The minimum Gasteiger partial charge on any atom is -0.487 e. The number of carbonyl (C=O) groups excluding carboxylic acids is 2. The van der Waals surface area contributed by atoms with E-state index in [0.717, 1.165) is 5.56 Å². The molecule has 0 saturated carbocycles. The summed E-state index contributed by atoms with van der Waals surface area (Å²) < 4.78 is 40.6. The molecule has 4 rings (SSSR count). The molecule has 0 aliphatic carbocycles. The third-order valence-corrected chi connectivity index (χ3v) is 8.58. The summed E-state index contributed by atoms with van der Waals surface area (Å²) in [7, 11) is -3.91. The molecule has 3 aromatic rings. The molecule has 0 saturated heterocycles. The molecule has 0 radical (unpaired) electrons. The van der Waals surface area contributed by atoms with Crippen molar-refractivity contribution in [2.24, 2.45) is 0 Å². The van der Waals surface area contributed by atoms with Gasteiger partial charge in [-0.1, -0.05) is 48.5 Å². The summed E-state index contributed by atoms with van der Waals surface area (Å²) in [6, 6.07) is 19.3. The third kappa shape index (κ3) is 5.49. The van der Waals surface area contributed by atoms with Gasteiger partial charge in [-0.25, -0.2) is 8.42 Å². The molecule has 0 bridgehead atoms. The largest absolute Gasteiger partial charge is 0.487 e. The topological polar surface area (TPSA) is 102 Å². The molecule has 0 spiro atoms. The Bertz CT molecular complexity index is 1380. The van der Waals surface area contributed by atoms with Gasteiger partial charge in [-0.2, -0.15) is 0 Å². The van der Waals surface area contributed by atoms with Crippen molar-refractivity contribution in [3.05, 3.63) is 81.4 Å². The van der Waals surface area contributed by atoms with Crippen molar-refractivity contribution in [1.82, 2.24) is 0 Å². The van der Waals surface area contributed by atoms with Crippen molar-refractivity contribution in [2.45, 2.75) is 31.3 Å². The number of benzene rings is 3. The maximum absolute atomic E-state index is 13.7. The Labute approximate surface area is 223 Å². The van der Waals surface area contributed by atoms with Gasteiger partial charge in [0.1, 0.15) is 12.4 Å². The molecule has 1 atom stereocenters. The van der Waals surface area contributed by atoms with E-state index in [0.29, 0.717) is 26.3 Å². The molecule has 188 valence electrons. The Kier molecular flexibility index (Phi) is 7.84. The minimum atomic E-state index is -3.91. The number of sulfonamides is 1. The first kappa shape index (κ1) is 26.0. The zero-order valence-corrected chi connectivity index (χ0v) is 22.7. The number of nitrogens with one attached hydrogen (secondary N) is 1. The third-order valence-electron chi connectivity index (χ3n) is 5.67. The van der Waals surface area contributed by atoms with Gasteiger partial charge < -0.3 is 14.8 Å².